The summed E-state index contributed by atoms with van der Waals surface area (Å²) < 4.78 is 46.7. The topological polar surface area (TPSA) is 97.1 Å². The smallest absolute Gasteiger partial charge is 0.203 e. The van der Waals surface area contributed by atoms with Crippen LogP contribution in [-0.4, -0.2) is 42.6 Å². The third-order valence-electron chi connectivity index (χ3n) is 4.29. The molecule has 0 fully saturated rings. The zero-order chi connectivity index (χ0) is 20.2. The Morgan fingerprint density at radius 3 is 1.89 bits per heavy atom. The third-order valence-corrected chi connectivity index (χ3v) is 6.20. The summed E-state index contributed by atoms with van der Waals surface area (Å²) in [6.45, 7) is 1.82. The second-order valence-electron chi connectivity index (χ2n) is 6.04. The molecule has 0 aliphatic carbocycles. The Kier molecular flexibility index (Phi) is 6.43. The molecule has 2 rings (SSSR count). The van der Waals surface area contributed by atoms with Gasteiger partial charge in [0.15, 0.2) is 21.3 Å². The van der Waals surface area contributed by atoms with E-state index in [1.165, 1.54) is 40.6 Å². The van der Waals surface area contributed by atoms with Crippen molar-refractivity contribution in [2.75, 3.05) is 39.9 Å². The Bertz CT molecular complexity index is 885. The molecule has 7 nitrogen and oxygen atoms in total. The summed E-state index contributed by atoms with van der Waals surface area (Å²) in [5, 5.41) is 0. The molecule has 148 valence electrons. The minimum absolute atomic E-state index is 0.0998. The molecule has 0 saturated carbocycles. The number of rotatable bonds is 8. The predicted octanol–water partition coefficient (Wildman–Crippen LogP) is 2.88. The van der Waals surface area contributed by atoms with Gasteiger partial charge in [0, 0.05) is 0 Å². The Morgan fingerprint density at radius 1 is 0.889 bits per heavy atom. The van der Waals surface area contributed by atoms with Gasteiger partial charge < -0.3 is 24.7 Å². The van der Waals surface area contributed by atoms with Gasteiger partial charge in [0.2, 0.25) is 5.75 Å². The van der Waals surface area contributed by atoms with E-state index in [1.807, 2.05) is 6.92 Å². The molecule has 2 aromatic carbocycles. The molecular weight excluding hydrogens is 370 g/mol. The summed E-state index contributed by atoms with van der Waals surface area (Å²) in [5.74, 6) is 1.44. The molecule has 27 heavy (non-hydrogen) atoms. The van der Waals surface area contributed by atoms with Crippen molar-refractivity contribution >= 4 is 15.5 Å². The van der Waals surface area contributed by atoms with Crippen molar-refractivity contribution < 1.29 is 27.4 Å². The molecule has 2 aromatic rings. The first-order valence-corrected chi connectivity index (χ1v) is 9.88. The fourth-order valence-electron chi connectivity index (χ4n) is 2.81. The highest BCUT2D eigenvalue weighted by atomic mass is 32.2. The van der Waals surface area contributed by atoms with Gasteiger partial charge >= 0.3 is 0 Å². The Morgan fingerprint density at radius 2 is 1.44 bits per heavy atom. The van der Waals surface area contributed by atoms with Gasteiger partial charge in [0.1, 0.15) is 5.75 Å². The fraction of sp³-hybridized carbons (Fsp3) is 0.368. The minimum Gasteiger partial charge on any atom is -0.495 e. The number of anilines is 1. The Labute approximate surface area is 159 Å². The van der Waals surface area contributed by atoms with Crippen LogP contribution in [0.5, 0.6) is 23.0 Å². The molecule has 2 N–H and O–H groups in total. The van der Waals surface area contributed by atoms with E-state index >= 15 is 0 Å². The molecule has 0 amide bonds. The van der Waals surface area contributed by atoms with E-state index in [-0.39, 0.29) is 22.3 Å². The number of ether oxygens (including phenoxy) is 4. The van der Waals surface area contributed by atoms with Crippen LogP contribution < -0.4 is 24.7 Å². The molecule has 1 unspecified atom stereocenters. The van der Waals surface area contributed by atoms with Gasteiger partial charge in [-0.3, -0.25) is 0 Å². The van der Waals surface area contributed by atoms with Gasteiger partial charge in [-0.25, -0.2) is 8.42 Å². The Balaban J connectivity index is 2.35. The fourth-order valence-corrected chi connectivity index (χ4v) is 4.44. The molecule has 0 aliphatic heterocycles. The van der Waals surface area contributed by atoms with Crippen LogP contribution in [0.15, 0.2) is 35.2 Å². The van der Waals surface area contributed by atoms with Crippen LogP contribution in [0.2, 0.25) is 0 Å². The summed E-state index contributed by atoms with van der Waals surface area (Å²) in [6, 6.07) is 7.96. The van der Waals surface area contributed by atoms with Gasteiger partial charge in [-0.2, -0.15) is 0 Å². The molecule has 0 spiro atoms. The van der Waals surface area contributed by atoms with Crippen LogP contribution in [0, 0.1) is 0 Å². The molecule has 0 radical (unpaired) electrons. The van der Waals surface area contributed by atoms with Gasteiger partial charge in [-0.05, 0) is 41.8 Å². The van der Waals surface area contributed by atoms with E-state index in [0.29, 0.717) is 23.0 Å². The lowest BCUT2D eigenvalue weighted by molar-refractivity contribution is 0.323. The van der Waals surface area contributed by atoms with Crippen LogP contribution in [0.25, 0.3) is 0 Å². The van der Waals surface area contributed by atoms with Crippen LogP contribution in [0.3, 0.4) is 0 Å². The first kappa shape index (κ1) is 20.7. The second-order valence-corrected chi connectivity index (χ2v) is 8.08. The SMILES string of the molecule is COc1ccc(S(=O)(=O)CC(C)c2cc(OC)c(OC)c(OC)c2)cc1N. The quantitative estimate of drug-likeness (QED) is 0.686. The highest BCUT2D eigenvalue weighted by Crippen LogP contribution is 2.40. The van der Waals surface area contributed by atoms with E-state index in [0.717, 1.165) is 5.56 Å². The summed E-state index contributed by atoms with van der Waals surface area (Å²) in [7, 11) is 2.47. The van der Waals surface area contributed by atoms with E-state index in [1.54, 1.807) is 18.2 Å². The maximum Gasteiger partial charge on any atom is 0.203 e. The lowest BCUT2D eigenvalue weighted by Crippen LogP contribution is -2.14. The zero-order valence-electron chi connectivity index (χ0n) is 16.1. The number of methoxy groups -OCH3 is 4. The van der Waals surface area contributed by atoms with Crippen LogP contribution >= 0.6 is 0 Å². The number of hydrogen-bond acceptors (Lipinski definition) is 7. The number of hydrogen-bond donors (Lipinski definition) is 1. The molecule has 0 bridgehead atoms. The summed E-state index contributed by atoms with van der Waals surface area (Å²) in [6.07, 6.45) is 0. The number of benzene rings is 2. The number of sulfone groups is 1. The molecule has 8 heteroatoms. The van der Waals surface area contributed by atoms with Crippen molar-refractivity contribution in [1.29, 1.82) is 0 Å². The number of nitrogen functional groups attached to an aromatic ring is 1. The average molecular weight is 395 g/mol. The molecule has 0 saturated heterocycles. The van der Waals surface area contributed by atoms with Crippen molar-refractivity contribution in [1.82, 2.24) is 0 Å². The third kappa shape index (κ3) is 4.39. The van der Waals surface area contributed by atoms with Gasteiger partial charge in [-0.15, -0.1) is 0 Å². The van der Waals surface area contributed by atoms with Crippen molar-refractivity contribution in [3.05, 3.63) is 35.9 Å². The van der Waals surface area contributed by atoms with E-state index < -0.39 is 9.84 Å². The maximum atomic E-state index is 12.8. The van der Waals surface area contributed by atoms with Crippen LogP contribution in [-0.2, 0) is 9.84 Å². The van der Waals surface area contributed by atoms with E-state index in [2.05, 4.69) is 0 Å². The monoisotopic (exact) mass is 395 g/mol. The van der Waals surface area contributed by atoms with Crippen LogP contribution in [0.4, 0.5) is 5.69 Å². The van der Waals surface area contributed by atoms with E-state index in [9.17, 15) is 8.42 Å². The van der Waals surface area contributed by atoms with Crippen molar-refractivity contribution in [3.8, 4) is 23.0 Å². The van der Waals surface area contributed by atoms with Gasteiger partial charge in [-0.1, -0.05) is 6.92 Å². The number of nitrogens with two attached hydrogens (primary N) is 1. The first-order chi connectivity index (χ1) is 12.8. The molecule has 1 atom stereocenters. The summed E-state index contributed by atoms with van der Waals surface area (Å²) in [5.41, 5.74) is 6.88. The first-order valence-electron chi connectivity index (χ1n) is 8.23. The van der Waals surface area contributed by atoms with Crippen molar-refractivity contribution in [3.63, 3.8) is 0 Å². The lowest BCUT2D eigenvalue weighted by atomic mass is 10.0. The molecule has 0 heterocycles. The second kappa shape index (κ2) is 8.39. The average Bonchev–Trinajstić information content (AvgIpc) is 2.66. The molecule has 0 aliphatic rings. The van der Waals surface area contributed by atoms with E-state index in [4.69, 9.17) is 24.7 Å². The standard InChI is InChI=1S/C19H25NO6S/c1-12(13-8-17(24-3)19(26-5)18(9-13)25-4)11-27(21,22)14-6-7-16(23-2)15(20)10-14/h6-10,12H,11,20H2,1-5H3. The largest absolute Gasteiger partial charge is 0.495 e. The summed E-state index contributed by atoms with van der Waals surface area (Å²) >= 11 is 0. The molecular formula is C19H25NO6S. The zero-order valence-corrected chi connectivity index (χ0v) is 16.9. The van der Waals surface area contributed by atoms with Crippen molar-refractivity contribution in [2.45, 2.75) is 17.7 Å². The lowest BCUT2D eigenvalue weighted by Gasteiger charge is -2.18. The van der Waals surface area contributed by atoms with Gasteiger partial charge in [0.05, 0.1) is 44.8 Å². The normalized spacial score (nSPS) is 12.3. The predicted molar refractivity (Wildman–Crippen MR) is 104 cm³/mol. The minimum atomic E-state index is -3.56. The highest BCUT2D eigenvalue weighted by molar-refractivity contribution is 7.91. The van der Waals surface area contributed by atoms with Gasteiger partial charge in [0.25, 0.3) is 0 Å². The summed E-state index contributed by atoms with van der Waals surface area (Å²) in [4.78, 5) is 0.153. The molecule has 0 aromatic heterocycles. The van der Waals surface area contributed by atoms with Crippen molar-refractivity contribution in [2.24, 2.45) is 0 Å². The highest BCUT2D eigenvalue weighted by Gasteiger charge is 2.23. The Hall–Kier alpha value is -2.61. The van der Waals surface area contributed by atoms with Crippen LogP contribution in [0.1, 0.15) is 18.4 Å². The maximum absolute atomic E-state index is 12.8.